The number of H-pyrrole nitrogens is 2. The quantitative estimate of drug-likeness (QED) is 0.156. The molecule has 4 aromatic carbocycles. The van der Waals surface area contributed by atoms with Crippen LogP contribution in [0, 0.1) is 0 Å². The number of amides is 2. The van der Waals surface area contributed by atoms with Crippen molar-refractivity contribution in [2.75, 3.05) is 0 Å². The summed E-state index contributed by atoms with van der Waals surface area (Å²) in [5.41, 5.74) is 5.81. The van der Waals surface area contributed by atoms with Crippen molar-refractivity contribution in [3.63, 3.8) is 0 Å². The number of carbonyl (C=O) groups excluding carboxylic acids is 1. The predicted octanol–water partition coefficient (Wildman–Crippen LogP) is 6.90. The van der Waals surface area contributed by atoms with Gasteiger partial charge in [0.15, 0.2) is 11.5 Å². The van der Waals surface area contributed by atoms with Crippen LogP contribution in [-0.4, -0.2) is 46.4 Å². The maximum Gasteiger partial charge on any atom is 0.329 e. The van der Waals surface area contributed by atoms with Gasteiger partial charge in [-0.25, -0.2) is 4.79 Å². The second kappa shape index (κ2) is 11.4. The molecule has 2 amide bonds. The molecule has 218 valence electrons. The van der Waals surface area contributed by atoms with Crippen molar-refractivity contribution in [2.24, 2.45) is 0 Å². The average molecular weight is 583 g/mol. The van der Waals surface area contributed by atoms with E-state index >= 15 is 0 Å². The van der Waals surface area contributed by atoms with Crippen LogP contribution >= 0.6 is 0 Å². The van der Waals surface area contributed by atoms with E-state index in [0.29, 0.717) is 11.4 Å². The summed E-state index contributed by atoms with van der Waals surface area (Å²) in [5, 5.41) is 39.7. The lowest BCUT2D eigenvalue weighted by molar-refractivity contribution is 0.171. The number of aliphatic hydroxyl groups excluding tert-OH is 2. The standard InChI is InChI=1S/C35H30N6O3/c42-33-31(17-23-7-3-1-4-8-23)40(21-25-11-13-27-19-36-38-29(27)15-25)35(44)41(22-26-12-14-28-20-37-39-30(28)16-26)32(34(33)43)18-24-9-5-2-6-10-24/h1-16,19-20,42-43H,17-18,21-22H2,(H,36,38)(H,37,39). The van der Waals surface area contributed by atoms with Crippen molar-refractivity contribution in [2.45, 2.75) is 25.9 Å². The zero-order valence-electron chi connectivity index (χ0n) is 23.8. The first kappa shape index (κ1) is 27.0. The van der Waals surface area contributed by atoms with E-state index in [-0.39, 0.29) is 43.5 Å². The van der Waals surface area contributed by atoms with Gasteiger partial charge in [0.1, 0.15) is 0 Å². The third kappa shape index (κ3) is 5.27. The highest BCUT2D eigenvalue weighted by Crippen LogP contribution is 2.33. The van der Waals surface area contributed by atoms with E-state index in [4.69, 9.17) is 0 Å². The van der Waals surface area contributed by atoms with Gasteiger partial charge >= 0.3 is 6.03 Å². The fraction of sp³-hybridized carbons (Fsp3) is 0.114. The number of hydrogen-bond acceptors (Lipinski definition) is 5. The molecule has 6 aromatic rings. The molecule has 4 N–H and O–H groups in total. The van der Waals surface area contributed by atoms with Crippen LogP contribution in [0.15, 0.2) is 132 Å². The van der Waals surface area contributed by atoms with Gasteiger partial charge in [0, 0.05) is 23.6 Å². The third-order valence-electron chi connectivity index (χ3n) is 8.01. The smallest absolute Gasteiger partial charge is 0.329 e. The number of benzene rings is 4. The van der Waals surface area contributed by atoms with E-state index < -0.39 is 0 Å². The molecule has 0 saturated heterocycles. The molecule has 1 aliphatic rings. The molecule has 7 rings (SSSR count). The number of hydrogen-bond donors (Lipinski definition) is 4. The molecule has 0 unspecified atom stereocenters. The lowest BCUT2D eigenvalue weighted by Gasteiger charge is -2.31. The molecule has 2 aromatic heterocycles. The van der Waals surface area contributed by atoms with Crippen LogP contribution in [0.4, 0.5) is 4.79 Å². The molecule has 9 nitrogen and oxygen atoms in total. The summed E-state index contributed by atoms with van der Waals surface area (Å²) >= 11 is 0. The maximum atomic E-state index is 14.8. The Hall–Kier alpha value is -5.83. The SMILES string of the molecule is O=C1N(Cc2ccc3cn[nH]c3c2)C(Cc2ccccc2)=C(O)C(O)=C(Cc2ccccc2)N1Cc1ccc2cn[nH]c2c1. The highest BCUT2D eigenvalue weighted by Gasteiger charge is 2.36. The lowest BCUT2D eigenvalue weighted by Crippen LogP contribution is -2.41. The number of nitrogens with one attached hydrogen (secondary N) is 2. The topological polar surface area (TPSA) is 121 Å². The number of rotatable bonds is 8. The van der Waals surface area contributed by atoms with Crippen molar-refractivity contribution in [3.8, 4) is 0 Å². The van der Waals surface area contributed by atoms with Crippen molar-refractivity contribution in [3.05, 3.63) is 155 Å². The lowest BCUT2D eigenvalue weighted by atomic mass is 10.0. The van der Waals surface area contributed by atoms with Crippen LogP contribution in [0.5, 0.6) is 0 Å². The van der Waals surface area contributed by atoms with Crippen LogP contribution in [0.1, 0.15) is 22.3 Å². The Morgan fingerprint density at radius 1 is 0.568 bits per heavy atom. The number of aliphatic hydroxyl groups is 2. The zero-order valence-corrected chi connectivity index (χ0v) is 23.8. The van der Waals surface area contributed by atoms with Gasteiger partial charge in [-0.15, -0.1) is 0 Å². The van der Waals surface area contributed by atoms with Crippen LogP contribution < -0.4 is 0 Å². The summed E-state index contributed by atoms with van der Waals surface area (Å²) in [4.78, 5) is 17.9. The number of urea groups is 1. The van der Waals surface area contributed by atoms with E-state index in [1.54, 1.807) is 22.2 Å². The van der Waals surface area contributed by atoms with E-state index in [2.05, 4.69) is 20.4 Å². The van der Waals surface area contributed by atoms with Crippen LogP contribution in [-0.2, 0) is 25.9 Å². The average Bonchev–Trinajstić information content (AvgIpc) is 3.72. The summed E-state index contributed by atoms with van der Waals surface area (Å²) in [7, 11) is 0. The summed E-state index contributed by atoms with van der Waals surface area (Å²) in [6, 6.07) is 30.6. The second-order valence-electron chi connectivity index (χ2n) is 11.0. The Morgan fingerprint density at radius 2 is 1.00 bits per heavy atom. The van der Waals surface area contributed by atoms with Gasteiger partial charge in [0.25, 0.3) is 0 Å². The number of fused-ring (bicyclic) bond motifs is 2. The molecule has 0 saturated carbocycles. The number of allylic oxidation sites excluding steroid dienone is 2. The van der Waals surface area contributed by atoms with Crippen molar-refractivity contribution in [1.82, 2.24) is 30.2 Å². The summed E-state index contributed by atoms with van der Waals surface area (Å²) in [5.74, 6) is -0.635. The Morgan fingerprint density at radius 3 is 1.43 bits per heavy atom. The summed E-state index contributed by atoms with van der Waals surface area (Å²) in [6.45, 7) is 0.337. The third-order valence-corrected chi connectivity index (χ3v) is 8.01. The molecule has 9 heteroatoms. The van der Waals surface area contributed by atoms with Gasteiger partial charge in [-0.3, -0.25) is 20.0 Å². The van der Waals surface area contributed by atoms with Gasteiger partial charge in [-0.05, 0) is 34.4 Å². The second-order valence-corrected chi connectivity index (χ2v) is 11.0. The summed E-state index contributed by atoms with van der Waals surface area (Å²) < 4.78 is 0. The van der Waals surface area contributed by atoms with Crippen LogP contribution in [0.3, 0.4) is 0 Å². The Kier molecular flexibility index (Phi) is 7.03. The maximum absolute atomic E-state index is 14.8. The molecule has 0 atom stereocenters. The van der Waals surface area contributed by atoms with E-state index in [1.165, 1.54) is 0 Å². The largest absolute Gasteiger partial charge is 0.503 e. The molecule has 44 heavy (non-hydrogen) atoms. The predicted molar refractivity (Wildman–Crippen MR) is 168 cm³/mol. The number of carbonyl (C=O) groups is 1. The van der Waals surface area contributed by atoms with E-state index in [1.807, 2.05) is 97.1 Å². The number of aromatic amines is 2. The van der Waals surface area contributed by atoms with Crippen molar-refractivity contribution < 1.29 is 15.0 Å². The van der Waals surface area contributed by atoms with Gasteiger partial charge in [-0.1, -0.05) is 84.9 Å². The van der Waals surface area contributed by atoms with Crippen molar-refractivity contribution >= 4 is 27.8 Å². The van der Waals surface area contributed by atoms with E-state index in [9.17, 15) is 15.0 Å². The van der Waals surface area contributed by atoms with Crippen LogP contribution in [0.25, 0.3) is 21.8 Å². The Bertz CT molecular complexity index is 1880. The minimum atomic E-state index is -0.355. The molecule has 0 spiro atoms. The number of nitrogens with zero attached hydrogens (tertiary/aromatic N) is 4. The Balaban J connectivity index is 1.35. The fourth-order valence-corrected chi connectivity index (χ4v) is 5.70. The molecule has 3 heterocycles. The van der Waals surface area contributed by atoms with Gasteiger partial charge in [0.2, 0.25) is 0 Å². The first-order valence-electron chi connectivity index (χ1n) is 14.4. The highest BCUT2D eigenvalue weighted by molar-refractivity contribution is 5.82. The number of aromatic nitrogens is 4. The molecule has 1 aliphatic heterocycles. The van der Waals surface area contributed by atoms with Gasteiger partial charge in [-0.2, -0.15) is 10.2 Å². The Labute approximate surface area is 253 Å². The zero-order chi connectivity index (χ0) is 30.0. The summed E-state index contributed by atoms with van der Waals surface area (Å²) in [6.07, 6.45) is 3.97. The monoisotopic (exact) mass is 582 g/mol. The molecular weight excluding hydrogens is 552 g/mol. The normalized spacial score (nSPS) is 14.2. The molecule has 0 bridgehead atoms. The van der Waals surface area contributed by atoms with Crippen LogP contribution in [0.2, 0.25) is 0 Å². The molecule has 0 aliphatic carbocycles. The molecule has 0 radical (unpaired) electrons. The minimum Gasteiger partial charge on any atom is -0.503 e. The van der Waals surface area contributed by atoms with E-state index in [0.717, 1.165) is 44.1 Å². The van der Waals surface area contributed by atoms with Gasteiger partial charge in [0.05, 0.1) is 47.9 Å². The van der Waals surface area contributed by atoms with Crippen molar-refractivity contribution in [1.29, 1.82) is 0 Å². The van der Waals surface area contributed by atoms with Gasteiger partial charge < -0.3 is 10.2 Å². The highest BCUT2D eigenvalue weighted by atomic mass is 16.3. The fourth-order valence-electron chi connectivity index (χ4n) is 5.70. The first-order chi connectivity index (χ1) is 21.5. The molecular formula is C35H30N6O3. The molecule has 0 fully saturated rings. The first-order valence-corrected chi connectivity index (χ1v) is 14.4. The minimum absolute atomic E-state index is 0.169.